The van der Waals surface area contributed by atoms with Crippen molar-refractivity contribution >= 4 is 54.8 Å². The topological polar surface area (TPSA) is 46.9 Å². The number of thiophene rings is 1. The lowest BCUT2D eigenvalue weighted by Gasteiger charge is -2.07. The van der Waals surface area contributed by atoms with E-state index in [9.17, 15) is 9.18 Å². The molecule has 130 valence electrons. The number of anilines is 1. The molecule has 4 nitrogen and oxygen atoms in total. The first-order chi connectivity index (χ1) is 11.8. The van der Waals surface area contributed by atoms with Crippen LogP contribution < -0.4 is 5.32 Å². The van der Waals surface area contributed by atoms with Gasteiger partial charge in [0.25, 0.3) is 5.91 Å². The van der Waals surface area contributed by atoms with Crippen LogP contribution in [0.2, 0.25) is 0 Å². The molecule has 8 heteroatoms. The Bertz CT molecular complexity index is 915. The van der Waals surface area contributed by atoms with Crippen LogP contribution in [0.3, 0.4) is 0 Å². The van der Waals surface area contributed by atoms with Crippen LogP contribution >= 0.6 is 43.2 Å². The number of benzene rings is 1. The minimum Gasteiger partial charge on any atom is -0.318 e. The van der Waals surface area contributed by atoms with E-state index in [4.69, 9.17) is 0 Å². The van der Waals surface area contributed by atoms with Crippen molar-refractivity contribution in [2.75, 3.05) is 5.32 Å². The molecule has 2 heterocycles. The zero-order chi connectivity index (χ0) is 18.1. The van der Waals surface area contributed by atoms with Crippen LogP contribution in [-0.4, -0.2) is 15.7 Å². The van der Waals surface area contributed by atoms with Gasteiger partial charge in [-0.3, -0.25) is 9.48 Å². The van der Waals surface area contributed by atoms with Crippen LogP contribution in [0.25, 0.3) is 0 Å². The number of carbonyl (C=O) groups is 1. The van der Waals surface area contributed by atoms with Gasteiger partial charge in [0.15, 0.2) is 0 Å². The van der Waals surface area contributed by atoms with Gasteiger partial charge in [-0.1, -0.05) is 12.1 Å². The lowest BCUT2D eigenvalue weighted by molar-refractivity contribution is 0.103. The van der Waals surface area contributed by atoms with Crippen LogP contribution in [0.15, 0.2) is 38.6 Å². The van der Waals surface area contributed by atoms with Crippen molar-refractivity contribution in [3.63, 3.8) is 0 Å². The standard InChI is InChI=1S/C17H14Br2FN3OS/c1-9-15(21-17(24)14-7-13(18)16(19)25-14)10(2)23(22-9)8-11-3-5-12(20)6-4-11/h3-7H,8H2,1-2H3,(H,21,24). The highest BCUT2D eigenvalue weighted by molar-refractivity contribution is 9.13. The van der Waals surface area contributed by atoms with E-state index in [1.165, 1.54) is 23.5 Å². The highest BCUT2D eigenvalue weighted by atomic mass is 79.9. The molecule has 25 heavy (non-hydrogen) atoms. The Morgan fingerprint density at radius 1 is 1.28 bits per heavy atom. The minimum absolute atomic E-state index is 0.177. The summed E-state index contributed by atoms with van der Waals surface area (Å²) in [6.07, 6.45) is 0. The van der Waals surface area contributed by atoms with Crippen molar-refractivity contribution in [1.29, 1.82) is 0 Å². The van der Waals surface area contributed by atoms with Gasteiger partial charge in [0.05, 0.1) is 32.3 Å². The molecular formula is C17H14Br2FN3OS. The smallest absolute Gasteiger partial charge is 0.265 e. The van der Waals surface area contributed by atoms with E-state index in [-0.39, 0.29) is 11.7 Å². The molecule has 0 aliphatic rings. The van der Waals surface area contributed by atoms with E-state index in [1.54, 1.807) is 22.9 Å². The number of rotatable bonds is 4. The van der Waals surface area contributed by atoms with Crippen molar-refractivity contribution in [1.82, 2.24) is 9.78 Å². The molecule has 0 aliphatic heterocycles. The summed E-state index contributed by atoms with van der Waals surface area (Å²) < 4.78 is 16.6. The van der Waals surface area contributed by atoms with E-state index in [0.29, 0.717) is 17.1 Å². The Hall–Kier alpha value is -1.51. The van der Waals surface area contributed by atoms with Crippen molar-refractivity contribution < 1.29 is 9.18 Å². The summed E-state index contributed by atoms with van der Waals surface area (Å²) in [4.78, 5) is 13.1. The Balaban J connectivity index is 1.81. The van der Waals surface area contributed by atoms with Crippen LogP contribution in [-0.2, 0) is 6.54 Å². The number of nitrogens with one attached hydrogen (secondary N) is 1. The first kappa shape index (κ1) is 18.3. The summed E-state index contributed by atoms with van der Waals surface area (Å²) in [6, 6.07) is 8.08. The molecule has 0 bridgehead atoms. The maximum Gasteiger partial charge on any atom is 0.265 e. The molecule has 1 N–H and O–H groups in total. The summed E-state index contributed by atoms with van der Waals surface area (Å²) >= 11 is 8.14. The molecule has 2 aromatic heterocycles. The van der Waals surface area contributed by atoms with E-state index in [0.717, 1.165) is 25.2 Å². The van der Waals surface area contributed by atoms with Gasteiger partial charge >= 0.3 is 0 Å². The second-order valence-corrected chi connectivity index (χ2v) is 8.74. The van der Waals surface area contributed by atoms with Gasteiger partial charge in [0.1, 0.15) is 5.82 Å². The number of halogens is 3. The summed E-state index contributed by atoms with van der Waals surface area (Å²) in [5, 5.41) is 7.43. The second-order valence-electron chi connectivity index (χ2n) is 5.52. The highest BCUT2D eigenvalue weighted by Gasteiger charge is 2.17. The fraction of sp³-hybridized carbons (Fsp3) is 0.176. The molecule has 0 saturated heterocycles. The first-order valence-electron chi connectivity index (χ1n) is 7.40. The van der Waals surface area contributed by atoms with Crippen LogP contribution in [0, 0.1) is 19.7 Å². The summed E-state index contributed by atoms with van der Waals surface area (Å²) in [7, 11) is 0. The molecule has 1 amide bonds. The van der Waals surface area contributed by atoms with Crippen molar-refractivity contribution in [2.24, 2.45) is 0 Å². The van der Waals surface area contributed by atoms with Gasteiger partial charge in [-0.2, -0.15) is 5.10 Å². The van der Waals surface area contributed by atoms with Crippen LogP contribution in [0.5, 0.6) is 0 Å². The Morgan fingerprint density at radius 2 is 1.96 bits per heavy atom. The van der Waals surface area contributed by atoms with Crippen molar-refractivity contribution in [2.45, 2.75) is 20.4 Å². The normalized spacial score (nSPS) is 10.9. The minimum atomic E-state index is -0.265. The first-order valence-corrected chi connectivity index (χ1v) is 9.80. The number of amides is 1. The van der Waals surface area contributed by atoms with Gasteiger partial charge in [0.2, 0.25) is 0 Å². The Morgan fingerprint density at radius 3 is 2.56 bits per heavy atom. The predicted octanol–water partition coefficient (Wildman–Crippen LogP) is 5.53. The number of nitrogens with zero attached hydrogens (tertiary/aromatic N) is 2. The monoisotopic (exact) mass is 485 g/mol. The second kappa shape index (κ2) is 7.39. The Labute approximate surface area is 165 Å². The molecule has 0 fully saturated rings. The molecule has 0 aliphatic carbocycles. The van der Waals surface area contributed by atoms with Crippen molar-refractivity contribution in [3.05, 3.63) is 66.2 Å². The molecule has 0 unspecified atom stereocenters. The summed E-state index contributed by atoms with van der Waals surface area (Å²) in [5.41, 5.74) is 3.23. The lowest BCUT2D eigenvalue weighted by atomic mass is 10.2. The van der Waals surface area contributed by atoms with Crippen LogP contribution in [0.4, 0.5) is 10.1 Å². The average molecular weight is 487 g/mol. The van der Waals surface area contributed by atoms with E-state index in [2.05, 4.69) is 42.3 Å². The summed E-state index contributed by atoms with van der Waals surface area (Å²) in [5.74, 6) is -0.442. The van der Waals surface area contributed by atoms with Gasteiger partial charge in [-0.15, -0.1) is 11.3 Å². The quantitative estimate of drug-likeness (QED) is 0.527. The van der Waals surface area contributed by atoms with E-state index in [1.807, 2.05) is 13.8 Å². The third-order valence-corrected chi connectivity index (χ3v) is 6.99. The molecule has 3 rings (SSSR count). The average Bonchev–Trinajstić information content (AvgIpc) is 3.04. The number of hydrogen-bond acceptors (Lipinski definition) is 3. The molecule has 0 atom stereocenters. The molecule has 0 radical (unpaired) electrons. The predicted molar refractivity (Wildman–Crippen MR) is 105 cm³/mol. The Kier molecular flexibility index (Phi) is 5.41. The lowest BCUT2D eigenvalue weighted by Crippen LogP contribution is -2.12. The summed E-state index contributed by atoms with van der Waals surface area (Å²) in [6.45, 7) is 4.27. The number of carbonyl (C=O) groups excluding carboxylic acids is 1. The number of aromatic nitrogens is 2. The fourth-order valence-corrected chi connectivity index (χ4v) is 4.36. The highest BCUT2D eigenvalue weighted by Crippen LogP contribution is 2.33. The molecule has 0 saturated carbocycles. The zero-order valence-corrected chi connectivity index (χ0v) is 17.4. The van der Waals surface area contributed by atoms with Gasteiger partial charge < -0.3 is 5.32 Å². The number of hydrogen-bond donors (Lipinski definition) is 1. The maximum absolute atomic E-state index is 13.0. The SMILES string of the molecule is Cc1nn(Cc2ccc(F)cc2)c(C)c1NC(=O)c1cc(Br)c(Br)s1. The van der Waals surface area contributed by atoms with Crippen molar-refractivity contribution in [3.8, 4) is 0 Å². The van der Waals surface area contributed by atoms with E-state index >= 15 is 0 Å². The molecule has 1 aromatic carbocycles. The maximum atomic E-state index is 13.0. The van der Waals surface area contributed by atoms with Gasteiger partial charge in [0, 0.05) is 4.47 Å². The molecule has 3 aromatic rings. The fourth-order valence-electron chi connectivity index (χ4n) is 2.43. The third-order valence-electron chi connectivity index (χ3n) is 3.73. The van der Waals surface area contributed by atoms with Crippen LogP contribution in [0.1, 0.15) is 26.6 Å². The number of aryl methyl sites for hydroxylation is 1. The van der Waals surface area contributed by atoms with Gasteiger partial charge in [-0.25, -0.2) is 4.39 Å². The molecular weight excluding hydrogens is 473 g/mol. The third kappa shape index (κ3) is 4.02. The molecule has 0 spiro atoms. The van der Waals surface area contributed by atoms with Gasteiger partial charge in [-0.05, 0) is 69.5 Å². The largest absolute Gasteiger partial charge is 0.318 e. The van der Waals surface area contributed by atoms with E-state index < -0.39 is 0 Å². The zero-order valence-electron chi connectivity index (χ0n) is 13.4.